The van der Waals surface area contributed by atoms with Crippen molar-refractivity contribution in [2.45, 2.75) is 0 Å². The van der Waals surface area contributed by atoms with Crippen LogP contribution in [0.4, 0.5) is 30.7 Å². The highest BCUT2D eigenvalue weighted by molar-refractivity contribution is 6.02. The molecule has 0 aliphatic rings. The van der Waals surface area contributed by atoms with Crippen molar-refractivity contribution in [3.05, 3.63) is 57.9 Å². The average Bonchev–Trinajstić information content (AvgIpc) is 2.56. The summed E-state index contributed by atoms with van der Waals surface area (Å²) in [5.41, 5.74) is -3.80. The summed E-state index contributed by atoms with van der Waals surface area (Å²) in [5, 5.41) is 17.5. The summed E-state index contributed by atoms with van der Waals surface area (Å²) in [5.74, 6) is -24.5. The first kappa shape index (κ1) is 19.0. The molecule has 5 nitrogen and oxygen atoms in total. The number of hydrogen-bond acceptors (Lipinski definition) is 3. The van der Waals surface area contributed by atoms with E-state index < -0.39 is 75.3 Å². The lowest BCUT2D eigenvalue weighted by Gasteiger charge is -2.13. The summed E-state index contributed by atoms with van der Waals surface area (Å²) >= 11 is 0. The van der Waals surface area contributed by atoms with Crippen LogP contribution in [-0.4, -0.2) is 22.2 Å². The molecular formula is C14H3F7O5. The predicted octanol–water partition coefficient (Wildman–Crippen LogP) is 3.85. The lowest BCUT2D eigenvalue weighted by molar-refractivity contribution is 0.0640. The molecule has 0 saturated carbocycles. The summed E-state index contributed by atoms with van der Waals surface area (Å²) in [6.45, 7) is 0. The van der Waals surface area contributed by atoms with E-state index in [0.29, 0.717) is 0 Å². The molecule has 2 N–H and O–H groups in total. The number of carbonyl (C=O) groups is 2. The Kier molecular flexibility index (Phi) is 4.78. The van der Waals surface area contributed by atoms with Crippen molar-refractivity contribution < 1.29 is 55.3 Å². The molecular weight excluding hydrogens is 381 g/mol. The van der Waals surface area contributed by atoms with Crippen molar-refractivity contribution in [1.29, 1.82) is 0 Å². The lowest BCUT2D eigenvalue weighted by Crippen LogP contribution is -2.16. The molecule has 0 bridgehead atoms. The molecule has 0 aliphatic heterocycles. The van der Waals surface area contributed by atoms with E-state index in [4.69, 9.17) is 10.2 Å². The number of aromatic carboxylic acids is 2. The molecule has 0 fully saturated rings. The average molecular weight is 384 g/mol. The maximum Gasteiger partial charge on any atom is 0.339 e. The van der Waals surface area contributed by atoms with Gasteiger partial charge >= 0.3 is 11.9 Å². The smallest absolute Gasteiger partial charge is 0.339 e. The number of ether oxygens (including phenoxy) is 1. The van der Waals surface area contributed by atoms with E-state index >= 15 is 0 Å². The Morgan fingerprint density at radius 3 is 1.69 bits per heavy atom. The number of benzene rings is 2. The van der Waals surface area contributed by atoms with Crippen LogP contribution in [0.5, 0.6) is 11.5 Å². The minimum atomic E-state index is -2.43. The summed E-state index contributed by atoms with van der Waals surface area (Å²) in [6.07, 6.45) is 0. The van der Waals surface area contributed by atoms with Crippen LogP contribution in [0.1, 0.15) is 20.7 Å². The molecule has 0 heterocycles. The first-order valence-corrected chi connectivity index (χ1v) is 6.16. The van der Waals surface area contributed by atoms with Gasteiger partial charge in [0.2, 0.25) is 23.2 Å². The van der Waals surface area contributed by atoms with Crippen LogP contribution in [0, 0.1) is 40.7 Å². The molecule has 2 aromatic rings. The summed E-state index contributed by atoms with van der Waals surface area (Å²) in [6, 6.07) is -0.184. The lowest BCUT2D eigenvalue weighted by atomic mass is 10.0. The molecule has 26 heavy (non-hydrogen) atoms. The monoisotopic (exact) mass is 384 g/mol. The van der Waals surface area contributed by atoms with Crippen LogP contribution >= 0.6 is 0 Å². The van der Waals surface area contributed by atoms with Gasteiger partial charge in [0.05, 0.1) is 0 Å². The SMILES string of the molecule is O=C(O)c1c(F)c(F)c(Oc2cc(F)c(F)c(F)c2F)c(F)c1C(=O)O. The van der Waals surface area contributed by atoms with Crippen LogP contribution in [-0.2, 0) is 0 Å². The Hall–Kier alpha value is -3.31. The van der Waals surface area contributed by atoms with Gasteiger partial charge in [-0.05, 0) is 0 Å². The zero-order valence-corrected chi connectivity index (χ0v) is 11.8. The maximum atomic E-state index is 14.1. The largest absolute Gasteiger partial charge is 0.478 e. The van der Waals surface area contributed by atoms with Crippen LogP contribution < -0.4 is 4.74 Å². The van der Waals surface area contributed by atoms with E-state index in [1.165, 1.54) is 0 Å². The van der Waals surface area contributed by atoms with E-state index in [2.05, 4.69) is 4.74 Å². The fourth-order valence-corrected chi connectivity index (χ4v) is 1.87. The van der Waals surface area contributed by atoms with Crippen molar-refractivity contribution >= 4 is 11.9 Å². The second-order valence-electron chi connectivity index (χ2n) is 4.53. The maximum absolute atomic E-state index is 14.1. The Labute approximate surface area is 137 Å². The molecule has 12 heteroatoms. The third kappa shape index (κ3) is 2.89. The minimum Gasteiger partial charge on any atom is -0.478 e. The number of carboxylic acids is 2. The Morgan fingerprint density at radius 2 is 1.19 bits per heavy atom. The zero-order valence-electron chi connectivity index (χ0n) is 11.8. The minimum absolute atomic E-state index is 0.184. The molecule has 0 radical (unpaired) electrons. The summed E-state index contributed by atoms with van der Waals surface area (Å²) in [7, 11) is 0. The highest BCUT2D eigenvalue weighted by Gasteiger charge is 2.34. The quantitative estimate of drug-likeness (QED) is 0.475. The fourth-order valence-electron chi connectivity index (χ4n) is 1.87. The van der Waals surface area contributed by atoms with Gasteiger partial charge in [0.15, 0.2) is 29.0 Å². The molecule has 0 atom stereocenters. The van der Waals surface area contributed by atoms with E-state index in [1.54, 1.807) is 0 Å². The number of rotatable bonds is 4. The van der Waals surface area contributed by atoms with E-state index in [1.807, 2.05) is 0 Å². The third-order valence-electron chi connectivity index (χ3n) is 2.99. The molecule has 138 valence electrons. The van der Waals surface area contributed by atoms with Crippen molar-refractivity contribution in [3.8, 4) is 11.5 Å². The molecule has 0 amide bonds. The van der Waals surface area contributed by atoms with Gasteiger partial charge in [0.1, 0.15) is 11.1 Å². The number of hydrogen-bond donors (Lipinski definition) is 2. The van der Waals surface area contributed by atoms with Crippen molar-refractivity contribution in [2.24, 2.45) is 0 Å². The van der Waals surface area contributed by atoms with Gasteiger partial charge in [-0.3, -0.25) is 0 Å². The van der Waals surface area contributed by atoms with Gasteiger partial charge in [-0.25, -0.2) is 31.5 Å². The van der Waals surface area contributed by atoms with Gasteiger partial charge in [-0.1, -0.05) is 0 Å². The van der Waals surface area contributed by atoms with Crippen LogP contribution in [0.3, 0.4) is 0 Å². The molecule has 2 rings (SSSR count). The second kappa shape index (κ2) is 6.54. The van der Waals surface area contributed by atoms with Gasteiger partial charge in [-0.15, -0.1) is 0 Å². The molecule has 0 aliphatic carbocycles. The topological polar surface area (TPSA) is 83.8 Å². The first-order chi connectivity index (χ1) is 12.0. The van der Waals surface area contributed by atoms with Gasteiger partial charge in [0, 0.05) is 6.07 Å². The predicted molar refractivity (Wildman–Crippen MR) is 66.6 cm³/mol. The van der Waals surface area contributed by atoms with Crippen LogP contribution in [0.15, 0.2) is 6.07 Å². The zero-order chi connectivity index (χ0) is 19.9. The van der Waals surface area contributed by atoms with Crippen LogP contribution in [0.25, 0.3) is 0 Å². The molecule has 0 saturated heterocycles. The van der Waals surface area contributed by atoms with Gasteiger partial charge in [-0.2, -0.15) is 8.78 Å². The van der Waals surface area contributed by atoms with Crippen molar-refractivity contribution in [1.82, 2.24) is 0 Å². The highest BCUT2D eigenvalue weighted by Crippen LogP contribution is 2.36. The molecule has 0 unspecified atom stereocenters. The molecule has 0 spiro atoms. The molecule has 0 aromatic heterocycles. The Morgan fingerprint density at radius 1 is 0.692 bits per heavy atom. The van der Waals surface area contributed by atoms with E-state index in [9.17, 15) is 40.3 Å². The molecule has 2 aromatic carbocycles. The number of halogens is 7. The van der Waals surface area contributed by atoms with E-state index in [-0.39, 0.29) is 6.07 Å². The fraction of sp³-hybridized carbons (Fsp3) is 0. The summed E-state index contributed by atoms with van der Waals surface area (Å²) < 4.78 is 98.4. The van der Waals surface area contributed by atoms with Crippen LogP contribution in [0.2, 0.25) is 0 Å². The Balaban J connectivity index is 2.77. The standard InChI is InChI=1S/C14H3F7O5/c15-2-1-3(7(17)10(20)6(2)16)26-12-9(19)5(14(24)25)4(13(22)23)8(18)11(12)21/h1H,(H,22,23)(H,24,25). The van der Waals surface area contributed by atoms with E-state index in [0.717, 1.165) is 0 Å². The van der Waals surface area contributed by atoms with Crippen molar-refractivity contribution in [3.63, 3.8) is 0 Å². The number of carboxylic acid groups (broad SMARTS) is 2. The van der Waals surface area contributed by atoms with Crippen molar-refractivity contribution in [2.75, 3.05) is 0 Å². The second-order valence-corrected chi connectivity index (χ2v) is 4.53. The highest BCUT2D eigenvalue weighted by atomic mass is 19.2. The Bertz CT molecular complexity index is 958. The van der Waals surface area contributed by atoms with Gasteiger partial charge in [0.25, 0.3) is 0 Å². The third-order valence-corrected chi connectivity index (χ3v) is 2.99. The normalized spacial score (nSPS) is 10.7. The van der Waals surface area contributed by atoms with Gasteiger partial charge < -0.3 is 14.9 Å². The first-order valence-electron chi connectivity index (χ1n) is 6.16. The summed E-state index contributed by atoms with van der Waals surface area (Å²) in [4.78, 5) is 21.8.